The highest BCUT2D eigenvalue weighted by atomic mass is 35.5. The standard InChI is InChI=1S/C13H16ClNO3/c14-12-5-9(8-16)4-10(13(12)18)6-15-3-1-2-11(17)7-15/h4-5,8,11,17-18H,1-3,6-7H2. The summed E-state index contributed by atoms with van der Waals surface area (Å²) in [6.07, 6.45) is 2.14. The number of β-amino-alcohol motifs (C(OH)–C–C–N with tert-alkyl or cyclic N) is 1. The van der Waals surface area contributed by atoms with E-state index in [1.54, 1.807) is 6.07 Å². The van der Waals surface area contributed by atoms with Crippen LogP contribution in [-0.2, 0) is 6.54 Å². The number of likely N-dealkylation sites (tertiary alicyclic amines) is 1. The van der Waals surface area contributed by atoms with Crippen LogP contribution in [0.3, 0.4) is 0 Å². The summed E-state index contributed by atoms with van der Waals surface area (Å²) >= 11 is 5.87. The largest absolute Gasteiger partial charge is 0.506 e. The number of benzene rings is 1. The number of piperidine rings is 1. The molecule has 0 aromatic heterocycles. The molecule has 0 saturated carbocycles. The molecule has 0 radical (unpaired) electrons. The first-order valence-corrected chi connectivity index (χ1v) is 6.35. The molecule has 1 aromatic carbocycles. The maximum Gasteiger partial charge on any atom is 0.150 e. The minimum atomic E-state index is -0.314. The summed E-state index contributed by atoms with van der Waals surface area (Å²) in [4.78, 5) is 12.8. The van der Waals surface area contributed by atoms with E-state index in [0.717, 1.165) is 19.4 Å². The van der Waals surface area contributed by atoms with Crippen LogP contribution >= 0.6 is 11.6 Å². The summed E-state index contributed by atoms with van der Waals surface area (Å²) in [5, 5.41) is 19.7. The number of rotatable bonds is 3. The molecular formula is C13H16ClNO3. The first-order valence-electron chi connectivity index (χ1n) is 5.97. The van der Waals surface area contributed by atoms with E-state index in [1.807, 2.05) is 4.90 Å². The Hall–Kier alpha value is -1.10. The number of hydrogen-bond acceptors (Lipinski definition) is 4. The summed E-state index contributed by atoms with van der Waals surface area (Å²) in [7, 11) is 0. The molecule has 4 nitrogen and oxygen atoms in total. The minimum Gasteiger partial charge on any atom is -0.506 e. The smallest absolute Gasteiger partial charge is 0.150 e. The van der Waals surface area contributed by atoms with Gasteiger partial charge in [0.1, 0.15) is 12.0 Å². The van der Waals surface area contributed by atoms with E-state index in [0.29, 0.717) is 30.5 Å². The highest BCUT2D eigenvalue weighted by Gasteiger charge is 2.19. The van der Waals surface area contributed by atoms with Gasteiger partial charge in [-0.25, -0.2) is 0 Å². The number of aliphatic hydroxyl groups excluding tert-OH is 1. The number of phenols is 1. The molecule has 5 heteroatoms. The van der Waals surface area contributed by atoms with Gasteiger partial charge in [-0.15, -0.1) is 0 Å². The van der Waals surface area contributed by atoms with E-state index in [-0.39, 0.29) is 16.9 Å². The molecule has 1 aromatic rings. The van der Waals surface area contributed by atoms with Gasteiger partial charge in [-0.2, -0.15) is 0 Å². The molecule has 1 aliphatic heterocycles. The Balaban J connectivity index is 2.17. The zero-order chi connectivity index (χ0) is 13.1. The molecule has 1 heterocycles. The van der Waals surface area contributed by atoms with Crippen LogP contribution in [-0.4, -0.2) is 40.6 Å². The van der Waals surface area contributed by atoms with Crippen molar-refractivity contribution in [2.45, 2.75) is 25.5 Å². The van der Waals surface area contributed by atoms with Gasteiger partial charge in [-0.1, -0.05) is 11.6 Å². The van der Waals surface area contributed by atoms with E-state index in [9.17, 15) is 15.0 Å². The zero-order valence-corrected chi connectivity index (χ0v) is 10.7. The monoisotopic (exact) mass is 269 g/mol. The number of carbonyl (C=O) groups excluding carboxylic acids is 1. The minimum absolute atomic E-state index is 0.0160. The first kappa shape index (κ1) is 13.3. The molecule has 0 amide bonds. The van der Waals surface area contributed by atoms with Gasteiger partial charge in [-0.05, 0) is 31.5 Å². The molecule has 0 spiro atoms. The topological polar surface area (TPSA) is 60.8 Å². The van der Waals surface area contributed by atoms with Gasteiger partial charge in [-0.3, -0.25) is 9.69 Å². The Labute approximate surface area is 111 Å². The van der Waals surface area contributed by atoms with Gasteiger partial charge < -0.3 is 10.2 Å². The van der Waals surface area contributed by atoms with Crippen molar-refractivity contribution in [3.8, 4) is 5.75 Å². The average molecular weight is 270 g/mol. The summed E-state index contributed by atoms with van der Waals surface area (Å²) in [6, 6.07) is 3.08. The number of aldehydes is 1. The fourth-order valence-corrected chi connectivity index (χ4v) is 2.53. The van der Waals surface area contributed by atoms with Gasteiger partial charge in [0.25, 0.3) is 0 Å². The van der Waals surface area contributed by atoms with Gasteiger partial charge in [0.2, 0.25) is 0 Å². The van der Waals surface area contributed by atoms with Crippen molar-refractivity contribution in [1.29, 1.82) is 0 Å². The fourth-order valence-electron chi connectivity index (χ4n) is 2.28. The SMILES string of the molecule is O=Cc1cc(Cl)c(O)c(CN2CCCC(O)C2)c1. The Morgan fingerprint density at radius 1 is 1.50 bits per heavy atom. The lowest BCUT2D eigenvalue weighted by Crippen LogP contribution is -2.37. The van der Waals surface area contributed by atoms with Crippen molar-refractivity contribution >= 4 is 17.9 Å². The molecule has 2 N–H and O–H groups in total. The Morgan fingerprint density at radius 2 is 2.28 bits per heavy atom. The third-order valence-corrected chi connectivity index (χ3v) is 3.46. The first-order chi connectivity index (χ1) is 8.60. The molecule has 1 atom stereocenters. The maximum atomic E-state index is 10.8. The van der Waals surface area contributed by atoms with E-state index in [4.69, 9.17) is 11.6 Å². The number of aromatic hydroxyl groups is 1. The van der Waals surface area contributed by atoms with Crippen LogP contribution in [0.25, 0.3) is 0 Å². The van der Waals surface area contributed by atoms with Crippen molar-refractivity contribution in [3.63, 3.8) is 0 Å². The normalized spacial score (nSPS) is 20.9. The Morgan fingerprint density at radius 3 is 2.94 bits per heavy atom. The molecular weight excluding hydrogens is 254 g/mol. The molecule has 1 saturated heterocycles. The van der Waals surface area contributed by atoms with E-state index in [2.05, 4.69) is 0 Å². The zero-order valence-electron chi connectivity index (χ0n) is 9.97. The van der Waals surface area contributed by atoms with Crippen LogP contribution in [0, 0.1) is 0 Å². The molecule has 0 bridgehead atoms. The van der Waals surface area contributed by atoms with Gasteiger partial charge in [0.05, 0.1) is 11.1 Å². The van der Waals surface area contributed by atoms with Crippen LogP contribution in [0.2, 0.25) is 5.02 Å². The Kier molecular flexibility index (Phi) is 4.22. The summed E-state index contributed by atoms with van der Waals surface area (Å²) < 4.78 is 0. The fraction of sp³-hybridized carbons (Fsp3) is 0.462. The van der Waals surface area contributed by atoms with Crippen LogP contribution < -0.4 is 0 Å². The van der Waals surface area contributed by atoms with Gasteiger partial charge in [0.15, 0.2) is 0 Å². The lowest BCUT2D eigenvalue weighted by Gasteiger charge is -2.30. The Bertz CT molecular complexity index is 450. The van der Waals surface area contributed by atoms with Crippen molar-refractivity contribution < 1.29 is 15.0 Å². The number of phenolic OH excluding ortho intramolecular Hbond substituents is 1. The lowest BCUT2D eigenvalue weighted by atomic mass is 10.1. The molecule has 0 aliphatic carbocycles. The van der Waals surface area contributed by atoms with E-state index in [1.165, 1.54) is 6.07 Å². The van der Waals surface area contributed by atoms with Crippen molar-refractivity contribution in [1.82, 2.24) is 4.90 Å². The second-order valence-electron chi connectivity index (χ2n) is 4.66. The van der Waals surface area contributed by atoms with E-state index >= 15 is 0 Å². The summed E-state index contributed by atoms with van der Waals surface area (Å²) in [5.41, 5.74) is 1.07. The van der Waals surface area contributed by atoms with Crippen LogP contribution in [0.4, 0.5) is 0 Å². The second kappa shape index (κ2) is 5.69. The molecule has 1 aliphatic rings. The quantitative estimate of drug-likeness (QED) is 0.822. The van der Waals surface area contributed by atoms with Crippen molar-refractivity contribution in [2.75, 3.05) is 13.1 Å². The van der Waals surface area contributed by atoms with Crippen LogP contribution in [0.15, 0.2) is 12.1 Å². The second-order valence-corrected chi connectivity index (χ2v) is 5.07. The maximum absolute atomic E-state index is 10.8. The number of aliphatic hydroxyl groups is 1. The van der Waals surface area contributed by atoms with E-state index < -0.39 is 0 Å². The van der Waals surface area contributed by atoms with Crippen molar-refractivity contribution in [3.05, 3.63) is 28.3 Å². The third kappa shape index (κ3) is 3.02. The molecule has 2 rings (SSSR count). The summed E-state index contributed by atoms with van der Waals surface area (Å²) in [5.74, 6) is 0.0160. The number of nitrogens with zero attached hydrogens (tertiary/aromatic N) is 1. The number of carbonyl (C=O) groups is 1. The highest BCUT2D eigenvalue weighted by Crippen LogP contribution is 2.30. The average Bonchev–Trinajstić information content (AvgIpc) is 2.34. The van der Waals surface area contributed by atoms with Crippen LogP contribution in [0.5, 0.6) is 5.75 Å². The molecule has 1 fully saturated rings. The van der Waals surface area contributed by atoms with Crippen molar-refractivity contribution in [2.24, 2.45) is 0 Å². The molecule has 1 unspecified atom stereocenters. The highest BCUT2D eigenvalue weighted by molar-refractivity contribution is 6.32. The van der Waals surface area contributed by atoms with Gasteiger partial charge >= 0.3 is 0 Å². The predicted molar refractivity (Wildman–Crippen MR) is 69.0 cm³/mol. The molecule has 18 heavy (non-hydrogen) atoms. The summed E-state index contributed by atoms with van der Waals surface area (Å²) in [6.45, 7) is 1.95. The number of hydrogen-bond donors (Lipinski definition) is 2. The van der Waals surface area contributed by atoms with Gasteiger partial charge in [0, 0.05) is 24.2 Å². The lowest BCUT2D eigenvalue weighted by molar-refractivity contribution is 0.0664. The third-order valence-electron chi connectivity index (χ3n) is 3.18. The molecule has 98 valence electrons. The number of halogens is 1. The predicted octanol–water partition coefficient (Wildman–Crippen LogP) is 1.81. The van der Waals surface area contributed by atoms with Crippen LogP contribution in [0.1, 0.15) is 28.8 Å².